The molecular formula is C17H19FN4O. The largest absolute Gasteiger partial charge is 0.344 e. The van der Waals surface area contributed by atoms with Gasteiger partial charge < -0.3 is 10.6 Å². The van der Waals surface area contributed by atoms with Crippen LogP contribution in [-0.2, 0) is 19.4 Å². The molecule has 0 fully saturated rings. The number of benzene rings is 1. The van der Waals surface area contributed by atoms with Crippen LogP contribution in [0.25, 0.3) is 0 Å². The molecule has 0 radical (unpaired) electrons. The van der Waals surface area contributed by atoms with Crippen molar-refractivity contribution in [3.63, 3.8) is 0 Å². The highest BCUT2D eigenvalue weighted by atomic mass is 19.1. The van der Waals surface area contributed by atoms with Gasteiger partial charge >= 0.3 is 0 Å². The van der Waals surface area contributed by atoms with Crippen molar-refractivity contribution in [1.29, 1.82) is 0 Å². The van der Waals surface area contributed by atoms with Crippen molar-refractivity contribution in [2.75, 3.05) is 6.54 Å². The van der Waals surface area contributed by atoms with Crippen LogP contribution in [0.1, 0.15) is 51.8 Å². The zero-order chi connectivity index (χ0) is 15.8. The van der Waals surface area contributed by atoms with Crippen LogP contribution in [0, 0.1) is 5.82 Å². The van der Waals surface area contributed by atoms with Crippen molar-refractivity contribution >= 4 is 5.91 Å². The van der Waals surface area contributed by atoms with Crippen LogP contribution in [0.2, 0.25) is 0 Å². The Labute approximate surface area is 133 Å². The molecule has 1 amide bonds. The standard InChI is InChI=1S/C17H19FN4O/c18-11-4-5-12-10(8-11)2-1-3-14(12)20-17(23)16-13-9-19-7-6-15(13)21-22-16/h4-5,8,14,19H,1-3,6-7,9H2,(H,20,23)(H,21,22). The fourth-order valence-electron chi connectivity index (χ4n) is 3.57. The molecular weight excluding hydrogens is 295 g/mol. The SMILES string of the molecule is O=C(NC1CCCc2cc(F)ccc21)c1n[nH]c2c1CNCC2. The molecule has 0 bridgehead atoms. The van der Waals surface area contributed by atoms with Crippen molar-refractivity contribution in [3.05, 3.63) is 52.1 Å². The number of rotatable bonds is 2. The molecule has 1 atom stereocenters. The Balaban J connectivity index is 1.57. The van der Waals surface area contributed by atoms with Gasteiger partial charge in [-0.05, 0) is 42.5 Å². The molecule has 5 nitrogen and oxygen atoms in total. The second-order valence-corrected chi connectivity index (χ2v) is 6.22. The van der Waals surface area contributed by atoms with Crippen LogP contribution < -0.4 is 10.6 Å². The molecule has 4 rings (SSSR count). The van der Waals surface area contributed by atoms with Gasteiger partial charge in [-0.2, -0.15) is 5.10 Å². The lowest BCUT2D eigenvalue weighted by molar-refractivity contribution is 0.0926. The van der Waals surface area contributed by atoms with Crippen LogP contribution in [-0.4, -0.2) is 22.6 Å². The lowest BCUT2D eigenvalue weighted by Gasteiger charge is -2.26. The molecule has 2 heterocycles. The second kappa shape index (κ2) is 5.77. The minimum Gasteiger partial charge on any atom is -0.344 e. The van der Waals surface area contributed by atoms with E-state index in [4.69, 9.17) is 0 Å². The summed E-state index contributed by atoms with van der Waals surface area (Å²) in [6.07, 6.45) is 3.54. The summed E-state index contributed by atoms with van der Waals surface area (Å²) in [4.78, 5) is 12.6. The highest BCUT2D eigenvalue weighted by molar-refractivity contribution is 5.94. The summed E-state index contributed by atoms with van der Waals surface area (Å²) in [5.74, 6) is -0.378. The van der Waals surface area contributed by atoms with Crippen molar-refractivity contribution in [1.82, 2.24) is 20.8 Å². The number of hydrogen-bond donors (Lipinski definition) is 3. The van der Waals surface area contributed by atoms with E-state index < -0.39 is 0 Å². The number of aromatic amines is 1. The number of aromatic nitrogens is 2. The number of hydrogen-bond acceptors (Lipinski definition) is 3. The first kappa shape index (κ1) is 14.4. The van der Waals surface area contributed by atoms with Gasteiger partial charge in [-0.25, -0.2) is 4.39 Å². The van der Waals surface area contributed by atoms with Gasteiger partial charge in [0.15, 0.2) is 5.69 Å². The second-order valence-electron chi connectivity index (χ2n) is 6.22. The third kappa shape index (κ3) is 2.63. The Morgan fingerprint density at radius 2 is 2.26 bits per heavy atom. The molecule has 3 N–H and O–H groups in total. The number of fused-ring (bicyclic) bond motifs is 2. The van der Waals surface area contributed by atoms with E-state index in [9.17, 15) is 9.18 Å². The average Bonchev–Trinajstić information content (AvgIpc) is 2.99. The van der Waals surface area contributed by atoms with E-state index in [1.807, 2.05) is 0 Å². The van der Waals surface area contributed by atoms with Gasteiger partial charge in [-0.1, -0.05) is 6.07 Å². The Kier molecular flexibility index (Phi) is 3.61. The summed E-state index contributed by atoms with van der Waals surface area (Å²) >= 11 is 0. The first-order chi connectivity index (χ1) is 11.2. The predicted molar refractivity (Wildman–Crippen MR) is 83.5 cm³/mol. The Bertz CT molecular complexity index is 755. The van der Waals surface area contributed by atoms with Crippen LogP contribution in [0.5, 0.6) is 0 Å². The lowest BCUT2D eigenvalue weighted by Crippen LogP contribution is -2.33. The number of carbonyl (C=O) groups excluding carboxylic acids is 1. The quantitative estimate of drug-likeness (QED) is 0.794. The Morgan fingerprint density at radius 1 is 1.35 bits per heavy atom. The maximum Gasteiger partial charge on any atom is 0.272 e. The van der Waals surface area contributed by atoms with Gasteiger partial charge in [0.25, 0.3) is 5.91 Å². The fraction of sp³-hybridized carbons (Fsp3) is 0.412. The maximum absolute atomic E-state index is 13.4. The molecule has 0 saturated carbocycles. The van der Waals surface area contributed by atoms with Gasteiger partial charge in [-0.15, -0.1) is 0 Å². The molecule has 0 spiro atoms. The fourth-order valence-corrected chi connectivity index (χ4v) is 3.57. The van der Waals surface area contributed by atoms with E-state index in [0.717, 1.165) is 54.6 Å². The van der Waals surface area contributed by atoms with Crippen molar-refractivity contribution in [2.24, 2.45) is 0 Å². The van der Waals surface area contributed by atoms with E-state index in [1.54, 1.807) is 12.1 Å². The maximum atomic E-state index is 13.4. The summed E-state index contributed by atoms with van der Waals surface area (Å²) in [6, 6.07) is 4.75. The van der Waals surface area contributed by atoms with E-state index >= 15 is 0 Å². The molecule has 2 aromatic rings. The minimum absolute atomic E-state index is 0.0734. The van der Waals surface area contributed by atoms with Gasteiger partial charge in [0.05, 0.1) is 6.04 Å². The van der Waals surface area contributed by atoms with Crippen LogP contribution in [0.15, 0.2) is 18.2 Å². The van der Waals surface area contributed by atoms with E-state index in [2.05, 4.69) is 20.8 Å². The molecule has 23 heavy (non-hydrogen) atoms. The number of halogens is 1. The third-order valence-electron chi connectivity index (χ3n) is 4.75. The topological polar surface area (TPSA) is 69.8 Å². The summed E-state index contributed by atoms with van der Waals surface area (Å²) in [7, 11) is 0. The average molecular weight is 314 g/mol. The third-order valence-corrected chi connectivity index (χ3v) is 4.75. The van der Waals surface area contributed by atoms with Gasteiger partial charge in [0.2, 0.25) is 0 Å². The van der Waals surface area contributed by atoms with E-state index in [0.29, 0.717) is 12.2 Å². The molecule has 1 aromatic heterocycles. The number of carbonyl (C=O) groups is 1. The monoisotopic (exact) mass is 314 g/mol. The molecule has 1 aliphatic heterocycles. The zero-order valence-electron chi connectivity index (χ0n) is 12.8. The summed E-state index contributed by atoms with van der Waals surface area (Å²) < 4.78 is 13.4. The van der Waals surface area contributed by atoms with Crippen LogP contribution >= 0.6 is 0 Å². The molecule has 1 aromatic carbocycles. The first-order valence-corrected chi connectivity index (χ1v) is 8.08. The minimum atomic E-state index is -0.219. The number of nitrogens with zero attached hydrogens (tertiary/aromatic N) is 1. The molecule has 0 saturated heterocycles. The van der Waals surface area contributed by atoms with E-state index in [1.165, 1.54) is 6.07 Å². The van der Waals surface area contributed by atoms with Crippen LogP contribution in [0.4, 0.5) is 4.39 Å². The predicted octanol–water partition coefficient (Wildman–Crippen LogP) is 2.00. The van der Waals surface area contributed by atoms with Gasteiger partial charge in [0, 0.05) is 30.8 Å². The highest BCUT2D eigenvalue weighted by Gasteiger charge is 2.26. The van der Waals surface area contributed by atoms with Gasteiger partial charge in [-0.3, -0.25) is 9.89 Å². The van der Waals surface area contributed by atoms with Crippen molar-refractivity contribution in [2.45, 2.75) is 38.3 Å². The Hall–Kier alpha value is -2.21. The van der Waals surface area contributed by atoms with Gasteiger partial charge in [0.1, 0.15) is 5.82 Å². The highest BCUT2D eigenvalue weighted by Crippen LogP contribution is 2.30. The number of amides is 1. The zero-order valence-corrected chi connectivity index (χ0v) is 12.8. The molecule has 2 aliphatic rings. The number of H-pyrrole nitrogens is 1. The normalized spacial score (nSPS) is 19.8. The van der Waals surface area contributed by atoms with Crippen molar-refractivity contribution in [3.8, 4) is 0 Å². The van der Waals surface area contributed by atoms with Crippen molar-refractivity contribution < 1.29 is 9.18 Å². The number of aryl methyl sites for hydroxylation is 1. The number of nitrogens with one attached hydrogen (secondary N) is 3. The first-order valence-electron chi connectivity index (χ1n) is 8.08. The van der Waals surface area contributed by atoms with Crippen LogP contribution in [0.3, 0.4) is 0 Å². The molecule has 1 aliphatic carbocycles. The molecule has 1 unspecified atom stereocenters. The molecule has 120 valence electrons. The lowest BCUT2D eigenvalue weighted by atomic mass is 9.87. The summed E-state index contributed by atoms with van der Waals surface area (Å²) in [5.41, 5.74) is 4.49. The smallest absolute Gasteiger partial charge is 0.272 e. The molecule has 6 heteroatoms. The van der Waals surface area contributed by atoms with E-state index in [-0.39, 0.29) is 17.8 Å². The summed E-state index contributed by atoms with van der Waals surface area (Å²) in [5, 5.41) is 13.5. The summed E-state index contributed by atoms with van der Waals surface area (Å²) in [6.45, 7) is 1.57. The Morgan fingerprint density at radius 3 is 3.17 bits per heavy atom.